The van der Waals surface area contributed by atoms with Gasteiger partial charge in [0, 0.05) is 21.2 Å². The van der Waals surface area contributed by atoms with Crippen LogP contribution in [-0.4, -0.2) is 9.97 Å². The zero-order valence-corrected chi connectivity index (χ0v) is 17.3. The second-order valence-corrected chi connectivity index (χ2v) is 8.46. The van der Waals surface area contributed by atoms with Gasteiger partial charge in [0.15, 0.2) is 0 Å². The van der Waals surface area contributed by atoms with E-state index in [1.54, 1.807) is 17.7 Å². The van der Waals surface area contributed by atoms with Gasteiger partial charge >= 0.3 is 0 Å². The Hall–Kier alpha value is -2.43. The summed E-state index contributed by atoms with van der Waals surface area (Å²) in [5.41, 5.74) is 7.04. The normalized spacial score (nSPS) is 11.1. The lowest BCUT2D eigenvalue weighted by atomic mass is 9.99. The Morgan fingerprint density at radius 3 is 2.44 bits per heavy atom. The summed E-state index contributed by atoms with van der Waals surface area (Å²) in [5.74, 6) is 0.808. The highest BCUT2D eigenvalue weighted by molar-refractivity contribution is 7.19. The number of fused-ring (bicyclic) bond motifs is 1. The summed E-state index contributed by atoms with van der Waals surface area (Å²) in [5, 5.41) is 5.23. The van der Waals surface area contributed by atoms with Gasteiger partial charge < -0.3 is 5.32 Å². The summed E-state index contributed by atoms with van der Waals surface area (Å²) >= 11 is 7.89. The van der Waals surface area contributed by atoms with Crippen LogP contribution in [0, 0.1) is 27.7 Å². The molecule has 0 amide bonds. The molecule has 0 spiro atoms. The van der Waals surface area contributed by atoms with E-state index in [0.717, 1.165) is 27.3 Å². The van der Waals surface area contributed by atoms with Crippen molar-refractivity contribution in [1.82, 2.24) is 9.97 Å². The monoisotopic (exact) mass is 393 g/mol. The second-order valence-electron chi connectivity index (χ2n) is 6.82. The number of hydrogen-bond acceptors (Lipinski definition) is 4. The molecule has 0 radical (unpaired) electrons. The Kier molecular flexibility index (Phi) is 4.62. The minimum absolute atomic E-state index is 0.698. The number of aryl methyl sites for hydroxylation is 4. The summed E-state index contributed by atoms with van der Waals surface area (Å²) in [6, 6.07) is 12.4. The van der Waals surface area contributed by atoms with Crippen molar-refractivity contribution in [2.24, 2.45) is 0 Å². The molecule has 0 fully saturated rings. The van der Waals surface area contributed by atoms with E-state index in [9.17, 15) is 0 Å². The summed E-state index contributed by atoms with van der Waals surface area (Å²) < 4.78 is 0. The van der Waals surface area contributed by atoms with Gasteiger partial charge in [0.05, 0.1) is 5.39 Å². The molecule has 1 N–H and O–H groups in total. The number of rotatable bonds is 3. The second kappa shape index (κ2) is 6.95. The summed E-state index contributed by atoms with van der Waals surface area (Å²) in [6.45, 7) is 8.48. The lowest BCUT2D eigenvalue weighted by molar-refractivity contribution is 1.23. The lowest BCUT2D eigenvalue weighted by Crippen LogP contribution is -1.97. The number of aromatic nitrogens is 2. The van der Waals surface area contributed by atoms with Crippen LogP contribution in [0.15, 0.2) is 42.7 Å². The topological polar surface area (TPSA) is 37.8 Å². The van der Waals surface area contributed by atoms with Crippen molar-refractivity contribution in [2.45, 2.75) is 27.7 Å². The van der Waals surface area contributed by atoms with Crippen molar-refractivity contribution >= 4 is 44.7 Å². The molecule has 136 valence electrons. The smallest absolute Gasteiger partial charge is 0.143 e. The molecule has 0 aliphatic rings. The van der Waals surface area contributed by atoms with Crippen LogP contribution in [0.25, 0.3) is 21.3 Å². The van der Waals surface area contributed by atoms with E-state index in [4.69, 9.17) is 11.6 Å². The van der Waals surface area contributed by atoms with Crippen LogP contribution < -0.4 is 5.32 Å². The van der Waals surface area contributed by atoms with Gasteiger partial charge in [-0.1, -0.05) is 35.9 Å². The van der Waals surface area contributed by atoms with Crippen molar-refractivity contribution in [2.75, 3.05) is 5.32 Å². The van der Waals surface area contributed by atoms with Crippen LogP contribution in [0.5, 0.6) is 0 Å². The van der Waals surface area contributed by atoms with Gasteiger partial charge in [-0.05, 0) is 62.1 Å². The van der Waals surface area contributed by atoms with Gasteiger partial charge in [0.2, 0.25) is 0 Å². The van der Waals surface area contributed by atoms with Gasteiger partial charge in [0.1, 0.15) is 17.0 Å². The molecule has 2 heterocycles. The molecule has 0 bridgehead atoms. The first-order valence-electron chi connectivity index (χ1n) is 8.79. The summed E-state index contributed by atoms with van der Waals surface area (Å²) in [7, 11) is 0. The van der Waals surface area contributed by atoms with E-state index in [0.29, 0.717) is 5.02 Å². The lowest BCUT2D eigenvalue weighted by Gasteiger charge is -2.12. The molecule has 0 unspecified atom stereocenters. The predicted molar refractivity (Wildman–Crippen MR) is 117 cm³/mol. The SMILES string of the molecule is Cc1ccc(-c2c(C)sc3ncnc(Nc4cc(Cl)ccc4C)c23)cc1C. The highest BCUT2D eigenvalue weighted by atomic mass is 35.5. The van der Waals surface area contributed by atoms with E-state index in [1.165, 1.54) is 27.1 Å². The van der Waals surface area contributed by atoms with Crippen molar-refractivity contribution in [1.29, 1.82) is 0 Å². The van der Waals surface area contributed by atoms with Crippen molar-refractivity contribution in [3.05, 3.63) is 69.3 Å². The number of nitrogens with one attached hydrogen (secondary N) is 1. The highest BCUT2D eigenvalue weighted by Gasteiger charge is 2.17. The average Bonchev–Trinajstić information content (AvgIpc) is 2.97. The molecule has 3 nitrogen and oxygen atoms in total. The molecule has 4 aromatic rings. The van der Waals surface area contributed by atoms with Gasteiger partial charge in [-0.2, -0.15) is 0 Å². The molecule has 2 aromatic carbocycles. The third-order valence-electron chi connectivity index (χ3n) is 4.91. The van der Waals surface area contributed by atoms with Crippen LogP contribution in [-0.2, 0) is 0 Å². The van der Waals surface area contributed by atoms with Crippen LogP contribution in [0.2, 0.25) is 5.02 Å². The Labute approximate surface area is 168 Å². The van der Waals surface area contributed by atoms with E-state index >= 15 is 0 Å². The fourth-order valence-corrected chi connectivity index (χ4v) is 4.42. The van der Waals surface area contributed by atoms with Crippen LogP contribution in [0.3, 0.4) is 0 Å². The highest BCUT2D eigenvalue weighted by Crippen LogP contribution is 2.41. The molecule has 2 aromatic heterocycles. The molecule has 0 aliphatic carbocycles. The Bertz CT molecular complexity index is 1160. The largest absolute Gasteiger partial charge is 0.339 e. The third-order valence-corrected chi connectivity index (χ3v) is 6.16. The quantitative estimate of drug-likeness (QED) is 0.407. The van der Waals surface area contributed by atoms with E-state index < -0.39 is 0 Å². The molecular formula is C22H20ClN3S. The molecule has 4 rings (SSSR count). The van der Waals surface area contributed by atoms with Crippen LogP contribution >= 0.6 is 22.9 Å². The first-order valence-corrected chi connectivity index (χ1v) is 9.98. The minimum atomic E-state index is 0.698. The molecular weight excluding hydrogens is 374 g/mol. The molecule has 0 aliphatic heterocycles. The van der Waals surface area contributed by atoms with E-state index in [-0.39, 0.29) is 0 Å². The van der Waals surface area contributed by atoms with Crippen molar-refractivity contribution < 1.29 is 0 Å². The third kappa shape index (κ3) is 3.31. The summed E-state index contributed by atoms with van der Waals surface area (Å²) in [4.78, 5) is 11.3. The maximum Gasteiger partial charge on any atom is 0.143 e. The van der Waals surface area contributed by atoms with Gasteiger partial charge in [0.25, 0.3) is 0 Å². The van der Waals surface area contributed by atoms with E-state index in [1.807, 2.05) is 18.2 Å². The van der Waals surface area contributed by atoms with Crippen LogP contribution in [0.4, 0.5) is 11.5 Å². The standard InChI is InChI=1S/C22H20ClN3S/c1-12-5-7-16(9-14(12)3)19-15(4)27-22-20(19)21(24-11-25-22)26-18-10-17(23)8-6-13(18)2/h5-11H,1-4H3,(H,24,25,26). The fraction of sp³-hybridized carbons (Fsp3) is 0.182. The molecule has 0 saturated heterocycles. The molecule has 0 saturated carbocycles. The average molecular weight is 394 g/mol. The number of anilines is 2. The van der Waals surface area contributed by atoms with Crippen molar-refractivity contribution in [3.8, 4) is 11.1 Å². The number of halogens is 1. The zero-order valence-electron chi connectivity index (χ0n) is 15.7. The van der Waals surface area contributed by atoms with Gasteiger partial charge in [-0.25, -0.2) is 9.97 Å². The number of hydrogen-bond donors (Lipinski definition) is 1. The Morgan fingerprint density at radius 2 is 1.67 bits per heavy atom. The summed E-state index contributed by atoms with van der Waals surface area (Å²) in [6.07, 6.45) is 1.62. The van der Waals surface area contributed by atoms with Crippen molar-refractivity contribution in [3.63, 3.8) is 0 Å². The molecule has 27 heavy (non-hydrogen) atoms. The first kappa shape index (κ1) is 18.0. The maximum atomic E-state index is 6.19. The van der Waals surface area contributed by atoms with Crippen LogP contribution in [0.1, 0.15) is 21.6 Å². The Balaban J connectivity index is 1.92. The number of thiophene rings is 1. The number of benzene rings is 2. The Morgan fingerprint density at radius 1 is 0.889 bits per heavy atom. The maximum absolute atomic E-state index is 6.19. The first-order chi connectivity index (χ1) is 12.9. The molecule has 0 atom stereocenters. The predicted octanol–water partition coefficient (Wildman–Crippen LogP) is 6.99. The minimum Gasteiger partial charge on any atom is -0.339 e. The number of nitrogens with zero attached hydrogens (tertiary/aromatic N) is 2. The zero-order chi connectivity index (χ0) is 19.1. The fourth-order valence-electron chi connectivity index (χ4n) is 3.24. The van der Waals surface area contributed by atoms with Gasteiger partial charge in [-0.15, -0.1) is 11.3 Å². The van der Waals surface area contributed by atoms with Gasteiger partial charge in [-0.3, -0.25) is 0 Å². The molecule has 5 heteroatoms. The van der Waals surface area contributed by atoms with E-state index in [2.05, 4.69) is 61.2 Å².